The van der Waals surface area contributed by atoms with Crippen LogP contribution in [0.4, 0.5) is 0 Å². The van der Waals surface area contributed by atoms with E-state index in [9.17, 15) is 5.11 Å². The van der Waals surface area contributed by atoms with E-state index in [-0.39, 0.29) is 6.10 Å². The van der Waals surface area contributed by atoms with Gasteiger partial charge in [-0.25, -0.2) is 4.98 Å². The summed E-state index contributed by atoms with van der Waals surface area (Å²) in [6, 6.07) is 5.30. The van der Waals surface area contributed by atoms with E-state index in [1.54, 1.807) is 18.2 Å². The van der Waals surface area contributed by atoms with Crippen LogP contribution in [0.5, 0.6) is 0 Å². The monoisotopic (exact) mass is 301 g/mol. The minimum absolute atomic E-state index is 0.117. The molecule has 0 amide bonds. The Labute approximate surface area is 121 Å². The number of benzene rings is 1. The van der Waals surface area contributed by atoms with E-state index in [0.29, 0.717) is 28.2 Å². The quantitative estimate of drug-likeness (QED) is 0.829. The fourth-order valence-corrected chi connectivity index (χ4v) is 2.37. The van der Waals surface area contributed by atoms with Gasteiger partial charge in [0.2, 0.25) is 0 Å². The van der Waals surface area contributed by atoms with Crippen LogP contribution in [0.25, 0.3) is 11.1 Å². The Morgan fingerprint density at radius 1 is 1.47 bits per heavy atom. The van der Waals surface area contributed by atoms with Crippen LogP contribution in [-0.2, 0) is 4.74 Å². The molecule has 0 saturated heterocycles. The highest BCUT2D eigenvalue weighted by atomic mass is 35.5. The molecular weight excluding hydrogens is 286 g/mol. The van der Waals surface area contributed by atoms with Crippen molar-refractivity contribution in [2.45, 2.75) is 31.3 Å². The molecule has 1 N–H and O–H groups in total. The minimum Gasteiger partial charge on any atom is -0.431 e. The largest absolute Gasteiger partial charge is 0.431 e. The summed E-state index contributed by atoms with van der Waals surface area (Å²) >= 11 is 7.24. The maximum absolute atomic E-state index is 9.74. The van der Waals surface area contributed by atoms with Crippen molar-refractivity contribution >= 4 is 34.5 Å². The standard InChI is InChI=1S/C13H16ClNO3S/c1-8(2)17-6-10(16)7-19-13-15-11-5-9(14)3-4-12(11)18-13/h3-5,8,10,16H,6-7H2,1-2H3. The summed E-state index contributed by atoms with van der Waals surface area (Å²) < 4.78 is 10.9. The first-order chi connectivity index (χ1) is 9.04. The summed E-state index contributed by atoms with van der Waals surface area (Å²) in [6.45, 7) is 4.19. The van der Waals surface area contributed by atoms with Crippen molar-refractivity contribution in [2.24, 2.45) is 0 Å². The number of hydrogen-bond donors (Lipinski definition) is 1. The zero-order chi connectivity index (χ0) is 13.8. The van der Waals surface area contributed by atoms with Crippen LogP contribution in [-0.4, -0.2) is 34.7 Å². The van der Waals surface area contributed by atoms with Gasteiger partial charge in [-0.1, -0.05) is 23.4 Å². The molecule has 2 aromatic rings. The average Bonchev–Trinajstić information content (AvgIpc) is 2.75. The number of nitrogens with zero attached hydrogens (tertiary/aromatic N) is 1. The molecule has 1 atom stereocenters. The van der Waals surface area contributed by atoms with E-state index in [1.807, 2.05) is 13.8 Å². The zero-order valence-electron chi connectivity index (χ0n) is 10.8. The molecule has 6 heteroatoms. The number of aliphatic hydroxyl groups is 1. The number of thioether (sulfide) groups is 1. The van der Waals surface area contributed by atoms with E-state index in [0.717, 1.165) is 5.52 Å². The summed E-state index contributed by atoms with van der Waals surface area (Å²) in [5.74, 6) is 0.479. The van der Waals surface area contributed by atoms with Gasteiger partial charge in [0.25, 0.3) is 5.22 Å². The Morgan fingerprint density at radius 2 is 2.26 bits per heavy atom. The Morgan fingerprint density at radius 3 is 3.00 bits per heavy atom. The van der Waals surface area contributed by atoms with Gasteiger partial charge >= 0.3 is 0 Å². The van der Waals surface area contributed by atoms with Crippen molar-refractivity contribution in [1.29, 1.82) is 0 Å². The van der Waals surface area contributed by atoms with Gasteiger partial charge < -0.3 is 14.3 Å². The van der Waals surface area contributed by atoms with E-state index < -0.39 is 6.10 Å². The molecule has 0 saturated carbocycles. The SMILES string of the molecule is CC(C)OCC(O)CSc1nc2cc(Cl)ccc2o1. The van der Waals surface area contributed by atoms with Gasteiger partial charge in [-0.15, -0.1) is 0 Å². The third-order valence-corrected chi connectivity index (χ3v) is 3.56. The summed E-state index contributed by atoms with van der Waals surface area (Å²) in [7, 11) is 0. The predicted octanol–water partition coefficient (Wildman–Crippen LogP) is 3.36. The summed E-state index contributed by atoms with van der Waals surface area (Å²) in [5.41, 5.74) is 1.42. The minimum atomic E-state index is -0.536. The summed E-state index contributed by atoms with van der Waals surface area (Å²) in [4.78, 5) is 4.30. The van der Waals surface area contributed by atoms with Crippen molar-refractivity contribution in [2.75, 3.05) is 12.4 Å². The first-order valence-electron chi connectivity index (χ1n) is 6.03. The maximum atomic E-state index is 9.74. The molecule has 1 heterocycles. The average molecular weight is 302 g/mol. The lowest BCUT2D eigenvalue weighted by Crippen LogP contribution is -2.20. The lowest BCUT2D eigenvalue weighted by atomic mass is 10.3. The fraction of sp³-hybridized carbons (Fsp3) is 0.462. The Bertz CT molecular complexity index is 544. The van der Waals surface area contributed by atoms with Crippen LogP contribution in [0.1, 0.15) is 13.8 Å². The number of hydrogen-bond acceptors (Lipinski definition) is 5. The third kappa shape index (κ3) is 4.38. The molecule has 19 heavy (non-hydrogen) atoms. The van der Waals surface area contributed by atoms with Crippen LogP contribution >= 0.6 is 23.4 Å². The van der Waals surface area contributed by atoms with Crippen LogP contribution in [0.2, 0.25) is 5.02 Å². The highest BCUT2D eigenvalue weighted by Gasteiger charge is 2.11. The van der Waals surface area contributed by atoms with Crippen LogP contribution < -0.4 is 0 Å². The van der Waals surface area contributed by atoms with Crippen LogP contribution in [0, 0.1) is 0 Å². The number of oxazole rings is 1. The first-order valence-corrected chi connectivity index (χ1v) is 7.39. The molecule has 0 fully saturated rings. The smallest absolute Gasteiger partial charge is 0.256 e. The lowest BCUT2D eigenvalue weighted by molar-refractivity contribution is 0.0152. The molecule has 1 aromatic heterocycles. The highest BCUT2D eigenvalue weighted by Crippen LogP contribution is 2.25. The van der Waals surface area contributed by atoms with Gasteiger partial charge in [-0.05, 0) is 32.0 Å². The maximum Gasteiger partial charge on any atom is 0.256 e. The molecular formula is C13H16ClNO3S. The lowest BCUT2D eigenvalue weighted by Gasteiger charge is -2.11. The van der Waals surface area contributed by atoms with E-state index in [1.165, 1.54) is 11.8 Å². The topological polar surface area (TPSA) is 55.5 Å². The van der Waals surface area contributed by atoms with Gasteiger partial charge in [0.1, 0.15) is 5.52 Å². The molecule has 104 valence electrons. The third-order valence-electron chi connectivity index (χ3n) is 2.35. The van der Waals surface area contributed by atoms with Crippen molar-refractivity contribution in [3.8, 4) is 0 Å². The zero-order valence-corrected chi connectivity index (χ0v) is 12.4. The second-order valence-corrected chi connectivity index (χ2v) is 5.85. The van der Waals surface area contributed by atoms with E-state index >= 15 is 0 Å². The first kappa shape index (κ1) is 14.7. The van der Waals surface area contributed by atoms with Crippen LogP contribution in [0.3, 0.4) is 0 Å². The Hall–Kier alpha value is -0.750. The molecule has 1 unspecified atom stereocenters. The van der Waals surface area contributed by atoms with Gasteiger partial charge in [-0.3, -0.25) is 0 Å². The second-order valence-electron chi connectivity index (χ2n) is 4.44. The van der Waals surface area contributed by atoms with Crippen molar-refractivity contribution in [3.05, 3.63) is 23.2 Å². The molecule has 4 nitrogen and oxygen atoms in total. The molecule has 0 radical (unpaired) electrons. The number of aromatic nitrogens is 1. The number of ether oxygens (including phenoxy) is 1. The normalized spacial score (nSPS) is 13.3. The van der Waals surface area contributed by atoms with Crippen molar-refractivity contribution < 1.29 is 14.3 Å². The van der Waals surface area contributed by atoms with E-state index in [4.69, 9.17) is 20.8 Å². The van der Waals surface area contributed by atoms with Gasteiger partial charge in [0.15, 0.2) is 5.58 Å². The Balaban J connectivity index is 1.90. The molecule has 1 aromatic carbocycles. The van der Waals surface area contributed by atoms with Gasteiger partial charge in [-0.2, -0.15) is 0 Å². The summed E-state index contributed by atoms with van der Waals surface area (Å²) in [5, 5.41) is 10.9. The second kappa shape index (κ2) is 6.61. The van der Waals surface area contributed by atoms with E-state index in [2.05, 4.69) is 4.98 Å². The number of halogens is 1. The highest BCUT2D eigenvalue weighted by molar-refractivity contribution is 7.99. The Kier molecular flexibility index (Phi) is 5.10. The molecule has 2 rings (SSSR count). The molecule has 0 aliphatic rings. The number of aliphatic hydroxyl groups excluding tert-OH is 1. The van der Waals surface area contributed by atoms with Crippen molar-refractivity contribution in [3.63, 3.8) is 0 Å². The van der Waals surface area contributed by atoms with Crippen LogP contribution in [0.15, 0.2) is 27.8 Å². The van der Waals surface area contributed by atoms with Gasteiger partial charge in [0, 0.05) is 10.8 Å². The molecule has 0 spiro atoms. The summed E-state index contributed by atoms with van der Waals surface area (Å²) in [6.07, 6.45) is -0.419. The number of rotatable bonds is 6. The molecule has 0 bridgehead atoms. The fourth-order valence-electron chi connectivity index (χ4n) is 1.46. The van der Waals surface area contributed by atoms with Crippen molar-refractivity contribution in [1.82, 2.24) is 4.98 Å². The number of fused-ring (bicyclic) bond motifs is 1. The predicted molar refractivity (Wildman–Crippen MR) is 76.8 cm³/mol. The molecule has 0 aliphatic carbocycles. The molecule has 0 aliphatic heterocycles. The van der Waals surface area contributed by atoms with Gasteiger partial charge in [0.05, 0.1) is 18.8 Å².